The highest BCUT2D eigenvalue weighted by Crippen LogP contribution is 2.35. The molecule has 1 aliphatic carbocycles. The van der Waals surface area contributed by atoms with E-state index in [4.69, 9.17) is 5.11 Å². The number of carbonyl (C=O) groups excluding carboxylic acids is 2. The summed E-state index contributed by atoms with van der Waals surface area (Å²) in [5, 5.41) is 13.8. The molecule has 3 amide bonds. The van der Waals surface area contributed by atoms with E-state index < -0.39 is 35.2 Å². The van der Waals surface area contributed by atoms with Crippen molar-refractivity contribution >= 4 is 29.3 Å². The monoisotopic (exact) mass is 422 g/mol. The standard InChI is InChI=1S/C19H17F3N4O4/c20-19(21,22)11-5-7-12(8-6-11)23-14-4-2-1-3-13(14)15(27)25-26-16(28)18(9-10-18)24-17(29)30/h1-8,23-24H,9-10H2,(H,25,27)(H,26,28)(H,29,30). The lowest BCUT2D eigenvalue weighted by atomic mass is 10.1. The maximum atomic E-state index is 12.7. The highest BCUT2D eigenvalue weighted by molar-refractivity contribution is 6.02. The van der Waals surface area contributed by atoms with Crippen LogP contribution in [-0.2, 0) is 11.0 Å². The number of anilines is 2. The maximum Gasteiger partial charge on any atom is 0.416 e. The minimum Gasteiger partial charge on any atom is -0.465 e. The molecule has 0 atom stereocenters. The van der Waals surface area contributed by atoms with E-state index in [1.54, 1.807) is 18.2 Å². The third-order valence-electron chi connectivity index (χ3n) is 4.48. The molecule has 0 unspecified atom stereocenters. The molecule has 1 aliphatic rings. The Hall–Kier alpha value is -3.76. The first-order valence-corrected chi connectivity index (χ1v) is 8.76. The molecule has 0 saturated heterocycles. The summed E-state index contributed by atoms with van der Waals surface area (Å²) in [6, 6.07) is 10.5. The quantitative estimate of drug-likeness (QED) is 0.475. The third kappa shape index (κ3) is 4.80. The van der Waals surface area contributed by atoms with Gasteiger partial charge in [0.25, 0.3) is 11.8 Å². The van der Waals surface area contributed by atoms with Crippen molar-refractivity contribution in [1.82, 2.24) is 16.2 Å². The topological polar surface area (TPSA) is 120 Å². The van der Waals surface area contributed by atoms with Crippen molar-refractivity contribution in [3.63, 3.8) is 0 Å². The zero-order chi connectivity index (χ0) is 21.9. The average Bonchev–Trinajstić information content (AvgIpc) is 3.46. The van der Waals surface area contributed by atoms with E-state index >= 15 is 0 Å². The molecule has 0 aliphatic heterocycles. The van der Waals surface area contributed by atoms with Crippen molar-refractivity contribution in [1.29, 1.82) is 0 Å². The van der Waals surface area contributed by atoms with Crippen LogP contribution in [0, 0.1) is 0 Å². The molecule has 0 aromatic heterocycles. The number of rotatable bonds is 5. The molecule has 0 bridgehead atoms. The summed E-state index contributed by atoms with van der Waals surface area (Å²) < 4.78 is 38.0. The second-order valence-corrected chi connectivity index (χ2v) is 6.67. The number of amides is 3. The van der Waals surface area contributed by atoms with Crippen LogP contribution in [-0.4, -0.2) is 28.6 Å². The largest absolute Gasteiger partial charge is 0.465 e. The molecule has 158 valence electrons. The summed E-state index contributed by atoms with van der Waals surface area (Å²) >= 11 is 0. The van der Waals surface area contributed by atoms with Gasteiger partial charge < -0.3 is 15.7 Å². The van der Waals surface area contributed by atoms with Crippen molar-refractivity contribution < 1.29 is 32.7 Å². The van der Waals surface area contributed by atoms with Crippen LogP contribution in [0.1, 0.15) is 28.8 Å². The number of alkyl halides is 3. The zero-order valence-electron chi connectivity index (χ0n) is 15.3. The highest BCUT2D eigenvalue weighted by atomic mass is 19.4. The molecule has 11 heteroatoms. The van der Waals surface area contributed by atoms with Crippen LogP contribution in [0.2, 0.25) is 0 Å². The number of para-hydroxylation sites is 1. The molecule has 0 spiro atoms. The van der Waals surface area contributed by atoms with Crippen LogP contribution in [0.4, 0.5) is 29.3 Å². The van der Waals surface area contributed by atoms with E-state index in [-0.39, 0.29) is 5.56 Å². The van der Waals surface area contributed by atoms with Gasteiger partial charge in [-0.25, -0.2) is 4.79 Å². The summed E-state index contributed by atoms with van der Waals surface area (Å²) in [5.41, 5.74) is 3.09. The molecule has 8 nitrogen and oxygen atoms in total. The number of hydrogen-bond donors (Lipinski definition) is 5. The molecule has 1 fully saturated rings. The SMILES string of the molecule is O=C(O)NC1(C(=O)NNC(=O)c2ccccc2Nc2ccc(C(F)(F)F)cc2)CC1. The summed E-state index contributed by atoms with van der Waals surface area (Å²) in [6.07, 6.45) is -5.18. The fourth-order valence-corrected chi connectivity index (χ4v) is 2.73. The molecule has 2 aromatic carbocycles. The minimum atomic E-state index is -4.46. The second-order valence-electron chi connectivity index (χ2n) is 6.67. The Balaban J connectivity index is 1.67. The van der Waals surface area contributed by atoms with E-state index in [0.29, 0.717) is 24.2 Å². The van der Waals surface area contributed by atoms with E-state index in [1.807, 2.05) is 0 Å². The van der Waals surface area contributed by atoms with Gasteiger partial charge in [-0.05, 0) is 49.2 Å². The number of carboxylic acid groups (broad SMARTS) is 1. The predicted octanol–water partition coefficient (Wildman–Crippen LogP) is 3.01. The summed E-state index contributed by atoms with van der Waals surface area (Å²) in [7, 11) is 0. The van der Waals surface area contributed by atoms with E-state index in [2.05, 4.69) is 21.5 Å². The van der Waals surface area contributed by atoms with Crippen molar-refractivity contribution in [3.8, 4) is 0 Å². The Morgan fingerprint density at radius 3 is 2.13 bits per heavy atom. The van der Waals surface area contributed by atoms with Crippen LogP contribution in [0.5, 0.6) is 0 Å². The molecule has 0 radical (unpaired) electrons. The number of hydrogen-bond acceptors (Lipinski definition) is 4. The van der Waals surface area contributed by atoms with Gasteiger partial charge in [-0.1, -0.05) is 12.1 Å². The van der Waals surface area contributed by atoms with Crippen molar-refractivity contribution in [2.75, 3.05) is 5.32 Å². The van der Waals surface area contributed by atoms with Gasteiger partial charge in [0, 0.05) is 5.69 Å². The van der Waals surface area contributed by atoms with Crippen LogP contribution in [0.15, 0.2) is 48.5 Å². The number of hydrazine groups is 1. The summed E-state index contributed by atoms with van der Waals surface area (Å²) in [5.74, 6) is -1.38. The molecule has 1 saturated carbocycles. The Morgan fingerprint density at radius 2 is 1.57 bits per heavy atom. The lowest BCUT2D eigenvalue weighted by molar-refractivity contribution is -0.137. The average molecular weight is 422 g/mol. The van der Waals surface area contributed by atoms with Gasteiger partial charge in [-0.15, -0.1) is 0 Å². The van der Waals surface area contributed by atoms with E-state index in [1.165, 1.54) is 18.2 Å². The smallest absolute Gasteiger partial charge is 0.416 e. The third-order valence-corrected chi connectivity index (χ3v) is 4.48. The Morgan fingerprint density at radius 1 is 0.933 bits per heavy atom. The number of carbonyl (C=O) groups is 3. The lowest BCUT2D eigenvalue weighted by Crippen LogP contribution is -2.53. The molecule has 5 N–H and O–H groups in total. The van der Waals surface area contributed by atoms with E-state index in [0.717, 1.165) is 12.1 Å². The molecule has 0 heterocycles. The lowest BCUT2D eigenvalue weighted by Gasteiger charge is -2.17. The van der Waals surface area contributed by atoms with Gasteiger partial charge in [0.05, 0.1) is 16.8 Å². The Bertz CT molecular complexity index is 972. The van der Waals surface area contributed by atoms with Gasteiger partial charge in [-0.3, -0.25) is 20.4 Å². The summed E-state index contributed by atoms with van der Waals surface area (Å²) in [6.45, 7) is 0. The van der Waals surface area contributed by atoms with Gasteiger partial charge in [0.1, 0.15) is 5.54 Å². The molecule has 30 heavy (non-hydrogen) atoms. The first-order valence-electron chi connectivity index (χ1n) is 8.76. The summed E-state index contributed by atoms with van der Waals surface area (Å²) in [4.78, 5) is 35.4. The predicted molar refractivity (Wildman–Crippen MR) is 99.9 cm³/mol. The van der Waals surface area contributed by atoms with Crippen LogP contribution in [0.25, 0.3) is 0 Å². The van der Waals surface area contributed by atoms with Crippen LogP contribution in [0.3, 0.4) is 0 Å². The number of nitrogens with one attached hydrogen (secondary N) is 4. The Kier molecular flexibility index (Phi) is 5.54. The molecule has 3 rings (SSSR count). The van der Waals surface area contributed by atoms with Gasteiger partial charge in [0.2, 0.25) is 0 Å². The Labute approximate surface area is 168 Å². The minimum absolute atomic E-state index is 0.119. The van der Waals surface area contributed by atoms with Crippen molar-refractivity contribution in [2.45, 2.75) is 24.6 Å². The van der Waals surface area contributed by atoms with E-state index in [9.17, 15) is 27.6 Å². The normalized spacial score (nSPS) is 14.4. The van der Waals surface area contributed by atoms with Gasteiger partial charge >= 0.3 is 12.3 Å². The first kappa shape index (κ1) is 21.0. The van der Waals surface area contributed by atoms with Crippen LogP contribution >= 0.6 is 0 Å². The van der Waals surface area contributed by atoms with Gasteiger partial charge in [0.15, 0.2) is 0 Å². The van der Waals surface area contributed by atoms with Crippen LogP contribution < -0.4 is 21.5 Å². The second kappa shape index (κ2) is 7.93. The van der Waals surface area contributed by atoms with Crippen molar-refractivity contribution in [2.24, 2.45) is 0 Å². The zero-order valence-corrected chi connectivity index (χ0v) is 15.3. The van der Waals surface area contributed by atoms with Crippen molar-refractivity contribution in [3.05, 3.63) is 59.7 Å². The van der Waals surface area contributed by atoms with Gasteiger partial charge in [-0.2, -0.15) is 13.2 Å². The molecular weight excluding hydrogens is 405 g/mol. The molecule has 2 aromatic rings. The molecular formula is C19H17F3N4O4. The number of benzene rings is 2. The fraction of sp³-hybridized carbons (Fsp3) is 0.211. The first-order chi connectivity index (χ1) is 14.1. The maximum absolute atomic E-state index is 12.7. The fourth-order valence-electron chi connectivity index (χ4n) is 2.73. The highest BCUT2D eigenvalue weighted by Gasteiger charge is 2.51. The number of halogens is 3.